The highest BCUT2D eigenvalue weighted by atomic mass is 16.6. The summed E-state index contributed by atoms with van der Waals surface area (Å²) in [5.41, 5.74) is 4.19. The number of rotatable bonds is 4. The van der Waals surface area contributed by atoms with E-state index in [-0.39, 0.29) is 17.6 Å². The molecule has 0 bridgehead atoms. The summed E-state index contributed by atoms with van der Waals surface area (Å²) in [7, 11) is 0. The van der Waals surface area contributed by atoms with Crippen molar-refractivity contribution in [2.24, 2.45) is 0 Å². The van der Waals surface area contributed by atoms with E-state index in [9.17, 15) is 14.9 Å². The van der Waals surface area contributed by atoms with Gasteiger partial charge >= 0.3 is 0 Å². The minimum atomic E-state index is -0.454. The van der Waals surface area contributed by atoms with Crippen molar-refractivity contribution < 1.29 is 9.72 Å². The summed E-state index contributed by atoms with van der Waals surface area (Å²) < 4.78 is 0. The van der Waals surface area contributed by atoms with Crippen LogP contribution in [0.5, 0.6) is 0 Å². The van der Waals surface area contributed by atoms with Gasteiger partial charge in [0.05, 0.1) is 33.4 Å². The Morgan fingerprint density at radius 1 is 1.08 bits per heavy atom. The number of hydrogen-bond acceptors (Lipinski definition) is 5. The normalized spacial score (nSPS) is 12.0. The molecule has 1 heterocycles. The molecule has 0 saturated heterocycles. The summed E-state index contributed by atoms with van der Waals surface area (Å²) in [6, 6.07) is 11.0. The van der Waals surface area contributed by atoms with Crippen LogP contribution in [0.2, 0.25) is 0 Å². The summed E-state index contributed by atoms with van der Waals surface area (Å²) in [5, 5.41) is 13.8. The molecular formula is C19H18N4O3. The first-order valence-corrected chi connectivity index (χ1v) is 8.15. The van der Waals surface area contributed by atoms with Gasteiger partial charge in [0.1, 0.15) is 0 Å². The first-order valence-electron chi connectivity index (χ1n) is 8.15. The molecule has 0 fully saturated rings. The summed E-state index contributed by atoms with van der Waals surface area (Å²) in [6.07, 6.45) is 0. The van der Waals surface area contributed by atoms with Crippen molar-refractivity contribution in [3.63, 3.8) is 0 Å². The first-order chi connectivity index (χ1) is 12.3. The smallest absolute Gasteiger partial charge is 0.269 e. The third-order valence-corrected chi connectivity index (χ3v) is 4.27. The first kappa shape index (κ1) is 17.5. The molecule has 132 valence electrons. The summed E-state index contributed by atoms with van der Waals surface area (Å²) >= 11 is 0. The Bertz CT molecular complexity index is 1020. The van der Waals surface area contributed by atoms with E-state index < -0.39 is 4.92 Å². The van der Waals surface area contributed by atoms with Crippen molar-refractivity contribution in [1.82, 2.24) is 15.3 Å². The lowest BCUT2D eigenvalue weighted by atomic mass is 10.1. The maximum Gasteiger partial charge on any atom is 0.269 e. The lowest BCUT2D eigenvalue weighted by Crippen LogP contribution is -2.26. The van der Waals surface area contributed by atoms with E-state index in [2.05, 4.69) is 15.3 Å². The van der Waals surface area contributed by atoms with E-state index in [4.69, 9.17) is 0 Å². The molecule has 0 aliphatic heterocycles. The van der Waals surface area contributed by atoms with Crippen LogP contribution < -0.4 is 5.32 Å². The Kier molecular flexibility index (Phi) is 4.62. The minimum Gasteiger partial charge on any atom is -0.346 e. The van der Waals surface area contributed by atoms with Crippen molar-refractivity contribution >= 4 is 22.6 Å². The van der Waals surface area contributed by atoms with Crippen LogP contribution in [-0.4, -0.2) is 20.8 Å². The molecule has 0 aliphatic rings. The number of aromatic nitrogens is 2. The maximum absolute atomic E-state index is 12.5. The molecule has 1 amide bonds. The zero-order valence-electron chi connectivity index (χ0n) is 14.7. The number of amides is 1. The highest BCUT2D eigenvalue weighted by Gasteiger charge is 2.15. The van der Waals surface area contributed by atoms with Crippen molar-refractivity contribution in [1.29, 1.82) is 0 Å². The molecule has 3 rings (SSSR count). The minimum absolute atomic E-state index is 0.00424. The predicted octanol–water partition coefficient (Wildman–Crippen LogP) is 3.65. The number of fused-ring (bicyclic) bond motifs is 1. The molecule has 0 radical (unpaired) electrons. The van der Waals surface area contributed by atoms with Gasteiger partial charge in [0.2, 0.25) is 0 Å². The topological polar surface area (TPSA) is 98.0 Å². The van der Waals surface area contributed by atoms with Crippen molar-refractivity contribution in [2.75, 3.05) is 0 Å². The van der Waals surface area contributed by atoms with Gasteiger partial charge in [0, 0.05) is 17.7 Å². The van der Waals surface area contributed by atoms with Gasteiger partial charge in [0.15, 0.2) is 0 Å². The molecule has 1 aromatic heterocycles. The maximum atomic E-state index is 12.5. The van der Waals surface area contributed by atoms with E-state index in [1.54, 1.807) is 37.3 Å². The zero-order chi connectivity index (χ0) is 18.8. The standard InChI is InChI=1S/C19H18N4O3/c1-11-12(2)21-18-10-15(7-8-17(18)20-11)19(24)22-13(3)14-5-4-6-16(9-14)23(25)26/h4-10,13H,1-3H3,(H,22,24). The monoisotopic (exact) mass is 350 g/mol. The van der Waals surface area contributed by atoms with Gasteiger partial charge in [-0.15, -0.1) is 0 Å². The van der Waals surface area contributed by atoms with E-state index in [0.717, 1.165) is 16.9 Å². The average Bonchev–Trinajstić information content (AvgIpc) is 2.62. The van der Waals surface area contributed by atoms with Crippen molar-refractivity contribution in [3.05, 3.63) is 75.1 Å². The lowest BCUT2D eigenvalue weighted by molar-refractivity contribution is -0.384. The fraction of sp³-hybridized carbons (Fsp3) is 0.211. The number of benzene rings is 2. The Morgan fingerprint density at radius 3 is 2.46 bits per heavy atom. The fourth-order valence-electron chi connectivity index (χ4n) is 2.64. The molecule has 1 unspecified atom stereocenters. The van der Waals surface area contributed by atoms with Crippen molar-refractivity contribution in [3.8, 4) is 0 Å². The quantitative estimate of drug-likeness (QED) is 0.572. The molecule has 0 saturated carbocycles. The summed E-state index contributed by atoms with van der Waals surface area (Å²) in [4.78, 5) is 31.9. The van der Waals surface area contributed by atoms with Gasteiger partial charge in [-0.3, -0.25) is 14.9 Å². The number of nitrogens with one attached hydrogen (secondary N) is 1. The highest BCUT2D eigenvalue weighted by Crippen LogP contribution is 2.20. The number of carbonyl (C=O) groups excluding carboxylic acids is 1. The van der Waals surface area contributed by atoms with Gasteiger partial charge in [-0.2, -0.15) is 0 Å². The summed E-state index contributed by atoms with van der Waals surface area (Å²) in [6.45, 7) is 5.55. The Labute approximate surface area is 150 Å². The van der Waals surface area contributed by atoms with Crippen LogP contribution in [-0.2, 0) is 0 Å². The Hall–Kier alpha value is -3.35. The predicted molar refractivity (Wildman–Crippen MR) is 98.0 cm³/mol. The third-order valence-electron chi connectivity index (χ3n) is 4.27. The molecular weight excluding hydrogens is 332 g/mol. The van der Waals surface area contributed by atoms with E-state index in [0.29, 0.717) is 16.6 Å². The second kappa shape index (κ2) is 6.87. The molecule has 26 heavy (non-hydrogen) atoms. The molecule has 0 spiro atoms. The average molecular weight is 350 g/mol. The number of non-ortho nitro benzene ring substituents is 1. The molecule has 7 heteroatoms. The van der Waals surface area contributed by atoms with Crippen LogP contribution in [0.1, 0.15) is 40.3 Å². The number of hydrogen-bond donors (Lipinski definition) is 1. The highest BCUT2D eigenvalue weighted by molar-refractivity contribution is 5.97. The second-order valence-electron chi connectivity index (χ2n) is 6.15. The SMILES string of the molecule is Cc1nc2ccc(C(=O)NC(C)c3cccc([N+](=O)[O-])c3)cc2nc1C. The summed E-state index contributed by atoms with van der Waals surface area (Å²) in [5.74, 6) is -0.272. The molecule has 3 aromatic rings. The zero-order valence-corrected chi connectivity index (χ0v) is 14.7. The fourth-order valence-corrected chi connectivity index (χ4v) is 2.64. The van der Waals surface area contributed by atoms with Crippen LogP contribution in [0.15, 0.2) is 42.5 Å². The lowest BCUT2D eigenvalue weighted by Gasteiger charge is -2.14. The molecule has 1 atom stereocenters. The molecule has 7 nitrogen and oxygen atoms in total. The van der Waals surface area contributed by atoms with Crippen LogP contribution >= 0.6 is 0 Å². The molecule has 0 aliphatic carbocycles. The van der Waals surface area contributed by atoms with Crippen LogP contribution in [0.3, 0.4) is 0 Å². The van der Waals surface area contributed by atoms with E-state index in [1.807, 2.05) is 13.8 Å². The Morgan fingerprint density at radius 2 is 1.77 bits per heavy atom. The number of nitro groups is 1. The number of nitrogens with zero attached hydrogens (tertiary/aromatic N) is 3. The van der Waals surface area contributed by atoms with Gasteiger partial charge < -0.3 is 5.32 Å². The van der Waals surface area contributed by atoms with Crippen molar-refractivity contribution in [2.45, 2.75) is 26.8 Å². The number of aryl methyl sites for hydroxylation is 2. The second-order valence-corrected chi connectivity index (χ2v) is 6.15. The Balaban J connectivity index is 1.83. The van der Waals surface area contributed by atoms with Gasteiger partial charge in [0.25, 0.3) is 11.6 Å². The molecule has 1 N–H and O–H groups in total. The van der Waals surface area contributed by atoms with E-state index in [1.165, 1.54) is 12.1 Å². The van der Waals surface area contributed by atoms with Crippen LogP contribution in [0, 0.1) is 24.0 Å². The number of nitro benzene ring substituents is 1. The van der Waals surface area contributed by atoms with Crippen LogP contribution in [0.4, 0.5) is 5.69 Å². The largest absolute Gasteiger partial charge is 0.346 e. The molecule has 2 aromatic carbocycles. The van der Waals surface area contributed by atoms with Gasteiger partial charge in [-0.1, -0.05) is 12.1 Å². The van der Waals surface area contributed by atoms with Gasteiger partial charge in [-0.25, -0.2) is 9.97 Å². The van der Waals surface area contributed by atoms with Crippen LogP contribution in [0.25, 0.3) is 11.0 Å². The van der Waals surface area contributed by atoms with E-state index >= 15 is 0 Å². The third kappa shape index (κ3) is 3.51. The van der Waals surface area contributed by atoms with Gasteiger partial charge in [-0.05, 0) is 44.5 Å². The number of carbonyl (C=O) groups is 1.